The molecule has 1 fully saturated rings. The molecule has 2 heterocycles. The number of rotatable bonds is 9. The topological polar surface area (TPSA) is 74.8 Å². The summed E-state index contributed by atoms with van der Waals surface area (Å²) in [7, 11) is 3.92. The maximum atomic E-state index is 12.8. The highest BCUT2D eigenvalue weighted by Crippen LogP contribution is 2.31. The van der Waals surface area contributed by atoms with Crippen LogP contribution >= 0.6 is 11.3 Å². The van der Waals surface area contributed by atoms with E-state index in [-0.39, 0.29) is 36.4 Å². The number of nitrogens with zero attached hydrogens (tertiary/aromatic N) is 3. The van der Waals surface area contributed by atoms with Crippen LogP contribution in [0.1, 0.15) is 37.3 Å². The van der Waals surface area contributed by atoms with Crippen LogP contribution in [0.15, 0.2) is 29.6 Å². The number of alkyl halides is 3. The summed E-state index contributed by atoms with van der Waals surface area (Å²) in [5.41, 5.74) is 0.240. The number of hydrogen-bond donors (Lipinski definition) is 1. The van der Waals surface area contributed by atoms with Crippen LogP contribution in [-0.2, 0) is 27.0 Å². The number of thiazole rings is 1. The summed E-state index contributed by atoms with van der Waals surface area (Å²) in [6.45, 7) is 5.65. The minimum absolute atomic E-state index is 0.0164. The van der Waals surface area contributed by atoms with Gasteiger partial charge in [-0.3, -0.25) is 9.59 Å². The zero-order valence-corrected chi connectivity index (χ0v) is 21.8. The van der Waals surface area contributed by atoms with Crippen molar-refractivity contribution in [2.75, 3.05) is 40.4 Å². The molecule has 198 valence electrons. The van der Waals surface area contributed by atoms with Gasteiger partial charge in [0.2, 0.25) is 11.8 Å². The fraction of sp³-hybridized carbons (Fsp3) is 0.560. The predicted octanol–water partition coefficient (Wildman–Crippen LogP) is 4.04. The maximum absolute atomic E-state index is 12.8. The van der Waals surface area contributed by atoms with Crippen molar-refractivity contribution in [2.24, 2.45) is 5.92 Å². The first-order valence-electron chi connectivity index (χ1n) is 11.8. The highest BCUT2D eigenvalue weighted by Gasteiger charge is 2.31. The molecule has 1 saturated heterocycles. The Labute approximate surface area is 213 Å². The summed E-state index contributed by atoms with van der Waals surface area (Å²) in [5, 5.41) is 5.29. The molecule has 11 heteroatoms. The monoisotopic (exact) mass is 526 g/mol. The summed E-state index contributed by atoms with van der Waals surface area (Å²) in [5.74, 6) is -0.577. The molecule has 1 aliphatic heterocycles. The van der Waals surface area contributed by atoms with Gasteiger partial charge in [0.1, 0.15) is 11.6 Å². The molecule has 2 aromatic rings. The Balaban J connectivity index is 1.47. The van der Waals surface area contributed by atoms with Gasteiger partial charge in [0.15, 0.2) is 0 Å². The van der Waals surface area contributed by atoms with Gasteiger partial charge in [-0.25, -0.2) is 4.98 Å². The van der Waals surface area contributed by atoms with E-state index in [0.717, 1.165) is 18.6 Å². The number of carbonyl (C=O) groups excluding carboxylic acids is 2. The molecule has 0 unspecified atom stereocenters. The van der Waals surface area contributed by atoms with Crippen LogP contribution in [-0.4, -0.2) is 72.5 Å². The molecule has 1 aliphatic rings. The van der Waals surface area contributed by atoms with E-state index < -0.39 is 11.7 Å². The summed E-state index contributed by atoms with van der Waals surface area (Å²) < 4.78 is 43.9. The SMILES string of the molecule is CN(C)C(C)(C)COCC(=O)N1CCC[C@H](C(=O)NCc2nc(-c3ccc(C(F)(F)F)cc3)cs2)C1. The van der Waals surface area contributed by atoms with E-state index in [4.69, 9.17) is 4.74 Å². The molecule has 0 bridgehead atoms. The Bertz CT molecular complexity index is 1040. The Morgan fingerprint density at radius 2 is 1.92 bits per heavy atom. The van der Waals surface area contributed by atoms with E-state index in [2.05, 4.69) is 10.3 Å². The van der Waals surface area contributed by atoms with E-state index in [0.29, 0.717) is 42.4 Å². The molecule has 2 amide bonds. The number of likely N-dealkylation sites (tertiary alicyclic amines) is 1. The number of halogens is 3. The summed E-state index contributed by atoms with van der Waals surface area (Å²) in [6, 6.07) is 4.83. The third-order valence-electron chi connectivity index (χ3n) is 6.51. The molecule has 0 aliphatic carbocycles. The van der Waals surface area contributed by atoms with E-state index in [1.807, 2.05) is 32.8 Å². The molecule has 0 radical (unpaired) electrons. The molecule has 1 atom stereocenters. The third-order valence-corrected chi connectivity index (χ3v) is 7.36. The molecule has 0 saturated carbocycles. The van der Waals surface area contributed by atoms with Gasteiger partial charge in [-0.15, -0.1) is 11.3 Å². The normalized spacial score (nSPS) is 16.9. The maximum Gasteiger partial charge on any atom is 0.416 e. The number of piperidine rings is 1. The second-order valence-electron chi connectivity index (χ2n) is 9.80. The van der Waals surface area contributed by atoms with Gasteiger partial charge in [0.05, 0.1) is 30.3 Å². The second-order valence-corrected chi connectivity index (χ2v) is 10.7. The Kier molecular flexibility index (Phi) is 9.13. The standard InChI is InChI=1S/C25H33F3N4O3S/c1-24(2,31(3)4)16-35-14-22(33)32-11-5-6-18(13-32)23(34)29-12-21-30-20(15-36-21)17-7-9-19(10-8-17)25(26,27)28/h7-10,15,18H,5-6,11-14,16H2,1-4H3,(H,29,34)/t18-/m0/s1. The molecule has 0 spiro atoms. The Hall–Kier alpha value is -2.50. The van der Waals surface area contributed by atoms with Gasteiger partial charge in [-0.1, -0.05) is 12.1 Å². The Morgan fingerprint density at radius 1 is 1.22 bits per heavy atom. The molecule has 36 heavy (non-hydrogen) atoms. The second kappa shape index (κ2) is 11.7. The first-order chi connectivity index (χ1) is 16.9. The summed E-state index contributed by atoms with van der Waals surface area (Å²) in [4.78, 5) is 33.5. The number of ether oxygens (including phenoxy) is 1. The van der Waals surface area contributed by atoms with Crippen molar-refractivity contribution < 1.29 is 27.5 Å². The van der Waals surface area contributed by atoms with Crippen molar-refractivity contribution >= 4 is 23.2 Å². The predicted molar refractivity (Wildman–Crippen MR) is 132 cm³/mol. The molecular weight excluding hydrogens is 493 g/mol. The Morgan fingerprint density at radius 3 is 2.56 bits per heavy atom. The van der Waals surface area contributed by atoms with Crippen molar-refractivity contribution in [2.45, 2.75) is 44.9 Å². The molecule has 1 N–H and O–H groups in total. The zero-order valence-electron chi connectivity index (χ0n) is 21.0. The molecule has 1 aromatic heterocycles. The lowest BCUT2D eigenvalue weighted by Gasteiger charge is -2.34. The smallest absolute Gasteiger partial charge is 0.370 e. The zero-order chi connectivity index (χ0) is 26.5. The fourth-order valence-corrected chi connectivity index (χ4v) is 4.43. The minimum Gasteiger partial charge on any atom is -0.370 e. The van der Waals surface area contributed by atoms with Gasteiger partial charge in [0.25, 0.3) is 0 Å². The lowest BCUT2D eigenvalue weighted by atomic mass is 9.97. The largest absolute Gasteiger partial charge is 0.416 e. The van der Waals surface area contributed by atoms with Gasteiger partial charge in [0, 0.05) is 29.6 Å². The quantitative estimate of drug-likeness (QED) is 0.534. The van der Waals surface area contributed by atoms with Crippen molar-refractivity contribution in [1.29, 1.82) is 0 Å². The van der Waals surface area contributed by atoms with Gasteiger partial charge >= 0.3 is 6.18 Å². The highest BCUT2D eigenvalue weighted by molar-refractivity contribution is 7.09. The number of hydrogen-bond acceptors (Lipinski definition) is 6. The number of nitrogens with one attached hydrogen (secondary N) is 1. The minimum atomic E-state index is -4.38. The average molecular weight is 527 g/mol. The lowest BCUT2D eigenvalue weighted by molar-refractivity contribution is -0.141. The van der Waals surface area contributed by atoms with Crippen LogP contribution in [0.2, 0.25) is 0 Å². The summed E-state index contributed by atoms with van der Waals surface area (Å²) >= 11 is 1.33. The average Bonchev–Trinajstić information content (AvgIpc) is 3.31. The molecule has 7 nitrogen and oxygen atoms in total. The molecular formula is C25H33F3N4O3S. The van der Waals surface area contributed by atoms with Crippen LogP contribution in [0.5, 0.6) is 0 Å². The number of amides is 2. The first kappa shape index (κ1) is 28.1. The highest BCUT2D eigenvalue weighted by atomic mass is 32.1. The van der Waals surface area contributed by atoms with Crippen LogP contribution in [0.25, 0.3) is 11.3 Å². The third kappa shape index (κ3) is 7.50. The first-order valence-corrected chi connectivity index (χ1v) is 12.7. The van der Waals surface area contributed by atoms with E-state index in [1.165, 1.54) is 23.5 Å². The van der Waals surface area contributed by atoms with Crippen molar-refractivity contribution in [3.8, 4) is 11.3 Å². The van der Waals surface area contributed by atoms with E-state index in [1.54, 1.807) is 10.3 Å². The van der Waals surface area contributed by atoms with Gasteiger partial charge in [-0.05, 0) is 52.9 Å². The lowest BCUT2D eigenvalue weighted by Crippen LogP contribution is -2.47. The summed E-state index contributed by atoms with van der Waals surface area (Å²) in [6.07, 6.45) is -2.95. The molecule has 1 aromatic carbocycles. The van der Waals surface area contributed by atoms with Crippen LogP contribution in [0.3, 0.4) is 0 Å². The van der Waals surface area contributed by atoms with Gasteiger partial charge < -0.3 is 19.9 Å². The van der Waals surface area contributed by atoms with Crippen molar-refractivity contribution in [1.82, 2.24) is 20.1 Å². The number of carbonyl (C=O) groups is 2. The van der Waals surface area contributed by atoms with E-state index in [9.17, 15) is 22.8 Å². The van der Waals surface area contributed by atoms with Crippen LogP contribution < -0.4 is 5.32 Å². The number of likely N-dealkylation sites (N-methyl/N-ethyl adjacent to an activating group) is 1. The van der Waals surface area contributed by atoms with Crippen LogP contribution in [0.4, 0.5) is 13.2 Å². The molecule has 3 rings (SSSR count). The van der Waals surface area contributed by atoms with Crippen molar-refractivity contribution in [3.05, 3.63) is 40.2 Å². The van der Waals surface area contributed by atoms with Crippen LogP contribution in [0, 0.1) is 5.92 Å². The van der Waals surface area contributed by atoms with Gasteiger partial charge in [-0.2, -0.15) is 13.2 Å². The number of benzene rings is 1. The van der Waals surface area contributed by atoms with E-state index >= 15 is 0 Å². The number of aromatic nitrogens is 1. The van der Waals surface area contributed by atoms with Crippen molar-refractivity contribution in [3.63, 3.8) is 0 Å². The fourth-order valence-electron chi connectivity index (χ4n) is 3.69.